The molecule has 3 rings (SSSR count). The summed E-state index contributed by atoms with van der Waals surface area (Å²) in [5.74, 6) is 2.39. The van der Waals surface area contributed by atoms with Gasteiger partial charge in [-0.25, -0.2) is 9.98 Å². The van der Waals surface area contributed by atoms with Crippen molar-refractivity contribution in [3.05, 3.63) is 101 Å². The Balaban J connectivity index is 2.03. The molecule has 0 spiro atoms. The molecule has 0 aromatic heterocycles. The Labute approximate surface area is 271 Å². The van der Waals surface area contributed by atoms with Crippen molar-refractivity contribution in [1.29, 1.82) is 0 Å². The third-order valence-corrected chi connectivity index (χ3v) is 7.80. The van der Waals surface area contributed by atoms with Crippen molar-refractivity contribution in [3.8, 4) is 5.75 Å². The summed E-state index contributed by atoms with van der Waals surface area (Å²) in [6, 6.07) is 17.2. The van der Waals surface area contributed by atoms with Crippen molar-refractivity contribution in [2.24, 2.45) is 15.0 Å². The van der Waals surface area contributed by atoms with Crippen LogP contribution in [0.25, 0.3) is 11.1 Å². The molecular weight excluding hydrogens is 556 g/mol. The van der Waals surface area contributed by atoms with Crippen LogP contribution in [0.3, 0.4) is 0 Å². The molecule has 0 saturated carbocycles. The average Bonchev–Trinajstić information content (AvgIpc) is 3.03. The first-order valence-corrected chi connectivity index (χ1v) is 16.3. The quantitative estimate of drug-likeness (QED) is 0.156. The minimum absolute atomic E-state index is 0.0185. The van der Waals surface area contributed by atoms with Gasteiger partial charge in [0.05, 0.1) is 13.2 Å². The van der Waals surface area contributed by atoms with Gasteiger partial charge in [0.1, 0.15) is 17.2 Å². The summed E-state index contributed by atoms with van der Waals surface area (Å²) in [4.78, 5) is 13.8. The first kappa shape index (κ1) is 35.4. The zero-order valence-corrected chi connectivity index (χ0v) is 28.2. The summed E-state index contributed by atoms with van der Waals surface area (Å²) in [7, 11) is 0. The molecule has 1 aliphatic carbocycles. The smallest absolute Gasteiger partial charge is 0.154 e. The monoisotopic (exact) mass is 608 g/mol. The molecular formula is C39H52N4O2. The van der Waals surface area contributed by atoms with Crippen LogP contribution >= 0.6 is 0 Å². The van der Waals surface area contributed by atoms with Crippen LogP contribution in [-0.4, -0.2) is 42.2 Å². The maximum absolute atomic E-state index is 9.29. The number of rotatable bonds is 15. The van der Waals surface area contributed by atoms with Crippen molar-refractivity contribution < 1.29 is 9.84 Å². The van der Waals surface area contributed by atoms with E-state index >= 15 is 0 Å². The number of amidine groups is 2. The highest BCUT2D eigenvalue weighted by molar-refractivity contribution is 6.13. The van der Waals surface area contributed by atoms with Gasteiger partial charge in [-0.15, -0.1) is 0 Å². The second-order valence-corrected chi connectivity index (χ2v) is 12.0. The molecule has 0 heterocycles. The molecule has 6 nitrogen and oxygen atoms in total. The zero-order chi connectivity index (χ0) is 32.8. The van der Waals surface area contributed by atoms with Gasteiger partial charge in [-0.2, -0.15) is 0 Å². The van der Waals surface area contributed by atoms with Crippen molar-refractivity contribution in [2.75, 3.05) is 13.2 Å². The molecule has 0 atom stereocenters. The lowest BCUT2D eigenvalue weighted by Gasteiger charge is -2.25. The molecule has 240 valence electrons. The van der Waals surface area contributed by atoms with Gasteiger partial charge in [0, 0.05) is 23.4 Å². The summed E-state index contributed by atoms with van der Waals surface area (Å²) in [6.07, 6.45) is 10.6. The van der Waals surface area contributed by atoms with Crippen LogP contribution in [0.2, 0.25) is 0 Å². The van der Waals surface area contributed by atoms with Crippen LogP contribution in [0.4, 0.5) is 0 Å². The topological polar surface area (TPSA) is 78.6 Å². The van der Waals surface area contributed by atoms with Crippen LogP contribution < -0.4 is 10.1 Å². The number of aliphatic hydroxyl groups is 1. The molecule has 2 aromatic rings. The van der Waals surface area contributed by atoms with Crippen molar-refractivity contribution in [3.63, 3.8) is 0 Å². The molecule has 0 unspecified atom stereocenters. The fourth-order valence-corrected chi connectivity index (χ4v) is 5.18. The van der Waals surface area contributed by atoms with E-state index in [1.807, 2.05) is 6.92 Å². The van der Waals surface area contributed by atoms with E-state index in [0.717, 1.165) is 90.2 Å². The van der Waals surface area contributed by atoms with E-state index < -0.39 is 0 Å². The van der Waals surface area contributed by atoms with E-state index in [-0.39, 0.29) is 12.2 Å². The number of nitrogens with one attached hydrogen (secondary N) is 1. The number of hydrogen-bond donors (Lipinski definition) is 2. The minimum Gasteiger partial charge on any atom is -0.488 e. The highest BCUT2D eigenvalue weighted by Gasteiger charge is 2.19. The maximum atomic E-state index is 9.29. The fraction of sp³-hybridized carbons (Fsp3) is 0.410. The normalized spacial score (nSPS) is 14.7. The van der Waals surface area contributed by atoms with E-state index in [4.69, 9.17) is 9.73 Å². The molecule has 2 N–H and O–H groups in total. The van der Waals surface area contributed by atoms with E-state index in [1.54, 1.807) is 0 Å². The van der Waals surface area contributed by atoms with Crippen molar-refractivity contribution in [2.45, 2.75) is 92.1 Å². The first-order chi connectivity index (χ1) is 21.6. The Kier molecular flexibility index (Phi) is 13.8. The molecule has 2 aromatic carbocycles. The molecule has 0 fully saturated rings. The summed E-state index contributed by atoms with van der Waals surface area (Å²) in [6.45, 7) is 20.7. The SMILES string of the molecule is C=NC(=NCCO)C1=CCCC=C1c1ccc(C/C(=C(/CC)N=C(CCC)NC(=C)C)c2ccc(OC(C)(C)CC)cc2)cc1. The molecule has 0 bridgehead atoms. The number of allylic oxidation sites excluding steroid dienone is 5. The van der Waals surface area contributed by atoms with Crippen LogP contribution in [0.15, 0.2) is 99.2 Å². The van der Waals surface area contributed by atoms with Gasteiger partial charge in [-0.05, 0) is 106 Å². The van der Waals surface area contributed by atoms with Gasteiger partial charge < -0.3 is 15.2 Å². The van der Waals surface area contributed by atoms with Gasteiger partial charge in [-0.1, -0.05) is 75.9 Å². The number of aliphatic imine (C=N–C) groups is 3. The van der Waals surface area contributed by atoms with Gasteiger partial charge in [0.25, 0.3) is 0 Å². The van der Waals surface area contributed by atoms with Crippen LogP contribution in [0, 0.1) is 0 Å². The molecule has 0 aliphatic heterocycles. The molecule has 0 amide bonds. The lowest BCUT2D eigenvalue weighted by Crippen LogP contribution is -2.26. The Hall–Kier alpha value is -4.03. The summed E-state index contributed by atoms with van der Waals surface area (Å²) >= 11 is 0. The van der Waals surface area contributed by atoms with Crippen LogP contribution in [-0.2, 0) is 6.42 Å². The van der Waals surface area contributed by atoms with Gasteiger partial charge in [0.15, 0.2) is 5.84 Å². The number of hydrogen-bond acceptors (Lipinski definition) is 4. The van der Waals surface area contributed by atoms with Crippen LogP contribution in [0.5, 0.6) is 5.75 Å². The maximum Gasteiger partial charge on any atom is 0.154 e. The molecule has 45 heavy (non-hydrogen) atoms. The highest BCUT2D eigenvalue weighted by Crippen LogP contribution is 2.32. The zero-order valence-electron chi connectivity index (χ0n) is 28.2. The van der Waals surface area contributed by atoms with Crippen molar-refractivity contribution in [1.82, 2.24) is 5.32 Å². The summed E-state index contributed by atoms with van der Waals surface area (Å²) in [5.41, 5.74) is 8.43. The Bertz CT molecular complexity index is 1460. The lowest BCUT2D eigenvalue weighted by molar-refractivity contribution is 0.105. The molecule has 6 heteroatoms. The largest absolute Gasteiger partial charge is 0.488 e. The third-order valence-electron chi connectivity index (χ3n) is 7.80. The fourth-order valence-electron chi connectivity index (χ4n) is 5.18. The highest BCUT2D eigenvalue weighted by atomic mass is 16.5. The summed E-state index contributed by atoms with van der Waals surface area (Å²) < 4.78 is 6.25. The second kappa shape index (κ2) is 17.5. The number of benzene rings is 2. The third kappa shape index (κ3) is 10.5. The van der Waals surface area contributed by atoms with Crippen molar-refractivity contribution >= 4 is 29.5 Å². The van der Waals surface area contributed by atoms with Gasteiger partial charge in [-0.3, -0.25) is 4.99 Å². The van der Waals surface area contributed by atoms with E-state index in [9.17, 15) is 5.11 Å². The average molecular weight is 609 g/mol. The lowest BCUT2D eigenvalue weighted by atomic mass is 9.89. The standard InChI is InChI=1S/C39H52N4O2/c1-9-14-37(42-28(4)5)43-36(10-2)35(31-21-23-32(24-22-31)45-39(6,7)11-3)27-29-17-19-30(20-18-29)33-15-12-13-16-34(33)38(40-8)41-25-26-44/h15-24,44H,4,8-14,25-27H2,1-3,5-7H3,(H,42,43)/b36-35+,41-38?. The number of nitrogens with zero attached hydrogens (tertiary/aromatic N) is 3. The summed E-state index contributed by atoms with van der Waals surface area (Å²) in [5, 5.41) is 12.7. The van der Waals surface area contributed by atoms with Gasteiger partial charge in [0.2, 0.25) is 0 Å². The predicted octanol–water partition coefficient (Wildman–Crippen LogP) is 9.13. The first-order valence-electron chi connectivity index (χ1n) is 16.3. The molecule has 0 radical (unpaired) electrons. The van der Waals surface area contributed by atoms with E-state index in [0.29, 0.717) is 12.4 Å². The second-order valence-electron chi connectivity index (χ2n) is 12.0. The van der Waals surface area contributed by atoms with Crippen LogP contribution in [0.1, 0.15) is 96.8 Å². The number of ether oxygens (including phenoxy) is 1. The minimum atomic E-state index is -0.222. The molecule has 0 saturated heterocycles. The molecule has 1 aliphatic rings. The van der Waals surface area contributed by atoms with E-state index in [2.05, 4.69) is 124 Å². The Morgan fingerprint density at radius 3 is 2.27 bits per heavy atom. The van der Waals surface area contributed by atoms with E-state index in [1.165, 1.54) is 11.1 Å². The van der Waals surface area contributed by atoms with Gasteiger partial charge >= 0.3 is 0 Å². The number of aliphatic hydroxyl groups excluding tert-OH is 1. The Morgan fingerprint density at radius 2 is 1.69 bits per heavy atom. The Morgan fingerprint density at radius 1 is 1.00 bits per heavy atom. The predicted molar refractivity (Wildman–Crippen MR) is 193 cm³/mol.